The summed E-state index contributed by atoms with van der Waals surface area (Å²) in [4.78, 5) is 14.2. The molecule has 0 spiro atoms. The maximum Gasteiger partial charge on any atom is 0.264 e. The predicted octanol–water partition coefficient (Wildman–Crippen LogP) is 4.46. The van der Waals surface area contributed by atoms with Crippen molar-refractivity contribution in [3.63, 3.8) is 0 Å². The lowest BCUT2D eigenvalue weighted by Gasteiger charge is -2.21. The third-order valence-electron chi connectivity index (χ3n) is 4.77. The summed E-state index contributed by atoms with van der Waals surface area (Å²) >= 11 is 5.98. The number of nitrogens with zero attached hydrogens (tertiary/aromatic N) is 2. The van der Waals surface area contributed by atoms with Gasteiger partial charge in [0.2, 0.25) is 0 Å². The van der Waals surface area contributed by atoms with E-state index in [0.717, 1.165) is 4.31 Å². The van der Waals surface area contributed by atoms with Gasteiger partial charge in [0, 0.05) is 24.7 Å². The molecule has 0 N–H and O–H groups in total. The summed E-state index contributed by atoms with van der Waals surface area (Å²) in [5, 5.41) is 0.415. The van der Waals surface area contributed by atoms with Crippen LogP contribution in [0.4, 0.5) is 10.1 Å². The SMILES string of the molecule is CN(CCOc1ccc(F)cc1)C(=O)c1cccc(S(=O)(=O)N(C)c2cccc(Cl)c2)c1. The molecule has 32 heavy (non-hydrogen) atoms. The van der Waals surface area contributed by atoms with Gasteiger partial charge in [0.05, 0.1) is 17.1 Å². The molecule has 0 aliphatic carbocycles. The number of amides is 1. The summed E-state index contributed by atoms with van der Waals surface area (Å²) in [6, 6.07) is 17.9. The maximum absolute atomic E-state index is 13.1. The molecular formula is C23H22ClFN2O4S. The van der Waals surface area contributed by atoms with Crippen molar-refractivity contribution < 1.29 is 22.3 Å². The standard InChI is InChI=1S/C23H22ClFN2O4S/c1-26(13-14-31-21-11-9-19(25)10-12-21)23(28)17-5-3-8-22(15-17)32(29,30)27(2)20-7-4-6-18(24)16-20/h3-12,15-16H,13-14H2,1-2H3. The molecule has 0 saturated carbocycles. The van der Waals surface area contributed by atoms with Gasteiger partial charge in [-0.05, 0) is 60.7 Å². The molecule has 3 aromatic rings. The molecule has 0 aliphatic heterocycles. The Morgan fingerprint density at radius 1 is 1.00 bits per heavy atom. The fourth-order valence-corrected chi connectivity index (χ4v) is 4.33. The lowest BCUT2D eigenvalue weighted by molar-refractivity contribution is 0.0773. The van der Waals surface area contributed by atoms with Crippen LogP contribution in [-0.4, -0.2) is 46.5 Å². The first kappa shape index (κ1) is 23.6. The van der Waals surface area contributed by atoms with Crippen molar-refractivity contribution in [2.45, 2.75) is 4.90 Å². The van der Waals surface area contributed by atoms with Crippen LogP contribution >= 0.6 is 11.6 Å². The number of carbonyl (C=O) groups excluding carboxylic acids is 1. The van der Waals surface area contributed by atoms with E-state index < -0.39 is 10.0 Å². The van der Waals surface area contributed by atoms with Gasteiger partial charge in [-0.25, -0.2) is 12.8 Å². The van der Waals surface area contributed by atoms with Crippen LogP contribution in [-0.2, 0) is 10.0 Å². The zero-order chi connectivity index (χ0) is 23.3. The predicted molar refractivity (Wildman–Crippen MR) is 122 cm³/mol. The van der Waals surface area contributed by atoms with E-state index in [2.05, 4.69) is 0 Å². The molecule has 0 atom stereocenters. The molecule has 168 valence electrons. The molecule has 0 fully saturated rings. The summed E-state index contributed by atoms with van der Waals surface area (Å²) in [6.07, 6.45) is 0. The minimum absolute atomic E-state index is 0.0122. The van der Waals surface area contributed by atoms with Crippen molar-refractivity contribution in [2.75, 3.05) is 31.6 Å². The highest BCUT2D eigenvalue weighted by molar-refractivity contribution is 7.92. The summed E-state index contributed by atoms with van der Waals surface area (Å²) in [6.45, 7) is 0.457. The smallest absolute Gasteiger partial charge is 0.264 e. The van der Waals surface area contributed by atoms with Crippen LogP contribution < -0.4 is 9.04 Å². The normalized spacial score (nSPS) is 11.1. The van der Waals surface area contributed by atoms with Crippen molar-refractivity contribution in [2.24, 2.45) is 0 Å². The van der Waals surface area contributed by atoms with Gasteiger partial charge in [-0.15, -0.1) is 0 Å². The average Bonchev–Trinajstić information content (AvgIpc) is 2.79. The largest absolute Gasteiger partial charge is 0.492 e. The molecule has 0 saturated heterocycles. The molecule has 0 unspecified atom stereocenters. The van der Waals surface area contributed by atoms with Gasteiger partial charge in [-0.2, -0.15) is 0 Å². The number of rotatable bonds is 8. The quantitative estimate of drug-likeness (QED) is 0.481. The second kappa shape index (κ2) is 10.0. The minimum atomic E-state index is -3.90. The zero-order valence-electron chi connectivity index (χ0n) is 17.5. The second-order valence-electron chi connectivity index (χ2n) is 7.01. The topological polar surface area (TPSA) is 66.9 Å². The van der Waals surface area contributed by atoms with Crippen molar-refractivity contribution in [1.29, 1.82) is 0 Å². The number of sulfonamides is 1. The number of ether oxygens (including phenoxy) is 1. The molecule has 0 bridgehead atoms. The van der Waals surface area contributed by atoms with Gasteiger partial charge in [-0.3, -0.25) is 9.10 Å². The Balaban J connectivity index is 1.69. The molecular weight excluding hydrogens is 455 g/mol. The van der Waals surface area contributed by atoms with Crippen LogP contribution in [0.5, 0.6) is 5.75 Å². The van der Waals surface area contributed by atoms with Crippen LogP contribution in [0.1, 0.15) is 10.4 Å². The highest BCUT2D eigenvalue weighted by Gasteiger charge is 2.23. The summed E-state index contributed by atoms with van der Waals surface area (Å²) < 4.78 is 45.7. The summed E-state index contributed by atoms with van der Waals surface area (Å²) in [5.74, 6) is -0.222. The van der Waals surface area contributed by atoms with Crippen molar-refractivity contribution in [3.8, 4) is 5.75 Å². The Morgan fingerprint density at radius 2 is 1.69 bits per heavy atom. The summed E-state index contributed by atoms with van der Waals surface area (Å²) in [7, 11) is -0.881. The fourth-order valence-electron chi connectivity index (χ4n) is 2.91. The van der Waals surface area contributed by atoms with E-state index in [1.54, 1.807) is 37.4 Å². The van der Waals surface area contributed by atoms with Crippen LogP contribution in [0.25, 0.3) is 0 Å². The van der Waals surface area contributed by atoms with E-state index in [1.165, 1.54) is 54.4 Å². The van der Waals surface area contributed by atoms with Crippen LogP contribution in [0, 0.1) is 5.82 Å². The molecule has 0 radical (unpaired) electrons. The second-order valence-corrected chi connectivity index (χ2v) is 9.42. The van der Waals surface area contributed by atoms with Crippen LogP contribution in [0.3, 0.4) is 0 Å². The van der Waals surface area contributed by atoms with Crippen molar-refractivity contribution >= 4 is 33.2 Å². The summed E-state index contributed by atoms with van der Waals surface area (Å²) in [5.41, 5.74) is 0.638. The van der Waals surface area contributed by atoms with E-state index >= 15 is 0 Å². The van der Waals surface area contributed by atoms with Gasteiger partial charge >= 0.3 is 0 Å². The molecule has 0 aliphatic rings. The molecule has 9 heteroatoms. The first-order valence-corrected chi connectivity index (χ1v) is 11.5. The molecule has 3 aromatic carbocycles. The third-order valence-corrected chi connectivity index (χ3v) is 6.78. The lowest BCUT2D eigenvalue weighted by Crippen LogP contribution is -2.31. The molecule has 0 heterocycles. The van der Waals surface area contributed by atoms with Crippen LogP contribution in [0.2, 0.25) is 5.02 Å². The number of hydrogen-bond donors (Lipinski definition) is 0. The number of carbonyl (C=O) groups is 1. The van der Waals surface area contributed by atoms with E-state index in [-0.39, 0.29) is 35.3 Å². The monoisotopic (exact) mass is 476 g/mol. The van der Waals surface area contributed by atoms with Gasteiger partial charge < -0.3 is 9.64 Å². The first-order valence-electron chi connectivity index (χ1n) is 9.67. The Morgan fingerprint density at radius 3 is 2.38 bits per heavy atom. The first-order chi connectivity index (χ1) is 15.2. The van der Waals surface area contributed by atoms with E-state index in [4.69, 9.17) is 16.3 Å². The van der Waals surface area contributed by atoms with Gasteiger partial charge in [0.15, 0.2) is 0 Å². The van der Waals surface area contributed by atoms with Crippen molar-refractivity contribution in [3.05, 3.63) is 89.2 Å². The fraction of sp³-hybridized carbons (Fsp3) is 0.174. The molecule has 0 aromatic heterocycles. The van der Waals surface area contributed by atoms with Gasteiger partial charge in [0.25, 0.3) is 15.9 Å². The number of likely N-dealkylation sites (N-methyl/N-ethyl adjacent to an activating group) is 1. The van der Waals surface area contributed by atoms with Crippen LogP contribution in [0.15, 0.2) is 77.7 Å². The number of halogens is 2. The minimum Gasteiger partial charge on any atom is -0.492 e. The zero-order valence-corrected chi connectivity index (χ0v) is 19.1. The number of hydrogen-bond acceptors (Lipinski definition) is 4. The van der Waals surface area contributed by atoms with Crippen molar-refractivity contribution in [1.82, 2.24) is 4.90 Å². The Bertz CT molecular complexity index is 1200. The molecule has 6 nitrogen and oxygen atoms in total. The Hall–Kier alpha value is -3.10. The van der Waals surface area contributed by atoms with E-state index in [0.29, 0.717) is 16.5 Å². The highest BCUT2D eigenvalue weighted by atomic mass is 35.5. The lowest BCUT2D eigenvalue weighted by atomic mass is 10.2. The Kier molecular flexibility index (Phi) is 7.37. The van der Waals surface area contributed by atoms with Gasteiger partial charge in [-0.1, -0.05) is 23.7 Å². The number of anilines is 1. The van der Waals surface area contributed by atoms with E-state index in [1.807, 2.05) is 0 Å². The maximum atomic E-state index is 13.1. The third kappa shape index (κ3) is 5.57. The molecule has 1 amide bonds. The molecule has 3 rings (SSSR count). The van der Waals surface area contributed by atoms with Gasteiger partial charge in [0.1, 0.15) is 18.2 Å². The number of benzene rings is 3. The Labute approximate surface area is 191 Å². The van der Waals surface area contributed by atoms with E-state index in [9.17, 15) is 17.6 Å². The highest BCUT2D eigenvalue weighted by Crippen LogP contribution is 2.25. The average molecular weight is 477 g/mol.